The van der Waals surface area contributed by atoms with E-state index < -0.39 is 0 Å². The van der Waals surface area contributed by atoms with Gasteiger partial charge in [-0.25, -0.2) is 0 Å². The van der Waals surface area contributed by atoms with E-state index in [0.29, 0.717) is 17.9 Å². The molecule has 3 atom stereocenters. The van der Waals surface area contributed by atoms with E-state index in [1.165, 1.54) is 19.3 Å². The van der Waals surface area contributed by atoms with Crippen LogP contribution in [-0.4, -0.2) is 36.5 Å². The number of nitrogens with one attached hydrogen (secondary N) is 1. The fourth-order valence-electron chi connectivity index (χ4n) is 3.13. The van der Waals surface area contributed by atoms with Crippen molar-refractivity contribution >= 4 is 5.91 Å². The summed E-state index contributed by atoms with van der Waals surface area (Å²) in [7, 11) is 0. The Hall–Kier alpha value is -0.570. The van der Waals surface area contributed by atoms with E-state index in [9.17, 15) is 4.79 Å². The van der Waals surface area contributed by atoms with Gasteiger partial charge in [0.25, 0.3) is 0 Å². The Morgan fingerprint density at radius 1 is 1.18 bits per heavy atom. The standard InChI is InChI=1S/C14H26N2O/c1-11-5-3-6-12(2)16(10-11)14(17)13-7-4-8-15-9-13/h11-13,15H,3-10H2,1-2H3. The maximum atomic E-state index is 12.5. The zero-order chi connectivity index (χ0) is 12.3. The normalized spacial score (nSPS) is 35.4. The molecule has 2 fully saturated rings. The number of piperidine rings is 1. The van der Waals surface area contributed by atoms with Gasteiger partial charge in [-0.2, -0.15) is 0 Å². The van der Waals surface area contributed by atoms with E-state index in [4.69, 9.17) is 0 Å². The van der Waals surface area contributed by atoms with Crippen molar-refractivity contribution in [2.45, 2.75) is 52.0 Å². The molecule has 3 nitrogen and oxygen atoms in total. The fraction of sp³-hybridized carbons (Fsp3) is 0.929. The van der Waals surface area contributed by atoms with Crippen molar-refractivity contribution in [2.75, 3.05) is 19.6 Å². The first kappa shape index (κ1) is 12.9. The lowest BCUT2D eigenvalue weighted by atomic mass is 9.97. The highest BCUT2D eigenvalue weighted by atomic mass is 16.2. The van der Waals surface area contributed by atoms with E-state index in [-0.39, 0.29) is 5.92 Å². The number of carbonyl (C=O) groups excluding carboxylic acids is 1. The van der Waals surface area contributed by atoms with Gasteiger partial charge in [0.15, 0.2) is 0 Å². The zero-order valence-corrected chi connectivity index (χ0v) is 11.2. The van der Waals surface area contributed by atoms with E-state index in [2.05, 4.69) is 24.1 Å². The average Bonchev–Trinajstić information content (AvgIpc) is 2.51. The molecule has 1 N–H and O–H groups in total. The Labute approximate surface area is 105 Å². The molecule has 1 amide bonds. The summed E-state index contributed by atoms with van der Waals surface area (Å²) in [6.07, 6.45) is 5.94. The Bertz CT molecular complexity index is 261. The smallest absolute Gasteiger partial charge is 0.227 e. The number of nitrogens with zero attached hydrogens (tertiary/aromatic N) is 1. The van der Waals surface area contributed by atoms with Gasteiger partial charge in [-0.3, -0.25) is 4.79 Å². The van der Waals surface area contributed by atoms with Gasteiger partial charge in [0.1, 0.15) is 0 Å². The molecule has 2 aliphatic rings. The summed E-state index contributed by atoms with van der Waals surface area (Å²) in [5.41, 5.74) is 0. The molecule has 0 spiro atoms. The highest BCUT2D eigenvalue weighted by molar-refractivity contribution is 5.79. The summed E-state index contributed by atoms with van der Waals surface area (Å²) in [5, 5.41) is 3.35. The van der Waals surface area contributed by atoms with Crippen LogP contribution in [0.15, 0.2) is 0 Å². The minimum atomic E-state index is 0.233. The molecule has 3 heteroatoms. The number of carbonyl (C=O) groups is 1. The van der Waals surface area contributed by atoms with Gasteiger partial charge in [-0.15, -0.1) is 0 Å². The van der Waals surface area contributed by atoms with Gasteiger partial charge >= 0.3 is 0 Å². The van der Waals surface area contributed by atoms with Crippen LogP contribution in [0.1, 0.15) is 46.0 Å². The number of hydrogen-bond acceptors (Lipinski definition) is 2. The average molecular weight is 238 g/mol. The summed E-state index contributed by atoms with van der Waals surface area (Å²) >= 11 is 0. The predicted molar refractivity (Wildman–Crippen MR) is 69.8 cm³/mol. The quantitative estimate of drug-likeness (QED) is 0.758. The molecular weight excluding hydrogens is 212 g/mol. The molecule has 0 saturated carbocycles. The van der Waals surface area contributed by atoms with Gasteiger partial charge in [0, 0.05) is 19.1 Å². The number of hydrogen-bond donors (Lipinski definition) is 1. The minimum Gasteiger partial charge on any atom is -0.339 e. The topological polar surface area (TPSA) is 32.3 Å². The van der Waals surface area contributed by atoms with Crippen molar-refractivity contribution in [3.8, 4) is 0 Å². The molecule has 0 aromatic rings. The van der Waals surface area contributed by atoms with Gasteiger partial charge in [0.2, 0.25) is 5.91 Å². The van der Waals surface area contributed by atoms with Gasteiger partial charge in [0.05, 0.1) is 5.92 Å². The Balaban J connectivity index is 1.99. The number of amides is 1. The van der Waals surface area contributed by atoms with Crippen molar-refractivity contribution in [1.82, 2.24) is 10.2 Å². The molecule has 3 unspecified atom stereocenters. The SMILES string of the molecule is CC1CCCC(C)N(C(=O)C2CCCNC2)C1. The third kappa shape index (κ3) is 3.21. The molecule has 2 aliphatic heterocycles. The first-order chi connectivity index (χ1) is 8.18. The fourth-order valence-corrected chi connectivity index (χ4v) is 3.13. The van der Waals surface area contributed by atoms with E-state index in [0.717, 1.165) is 32.5 Å². The molecule has 0 bridgehead atoms. The number of likely N-dealkylation sites (tertiary alicyclic amines) is 1. The van der Waals surface area contributed by atoms with E-state index in [1.54, 1.807) is 0 Å². The predicted octanol–water partition coefficient (Wildman–Crippen LogP) is 2.02. The van der Waals surface area contributed by atoms with Crippen LogP contribution >= 0.6 is 0 Å². The second-order valence-corrected chi connectivity index (χ2v) is 5.92. The first-order valence-electron chi connectivity index (χ1n) is 7.19. The number of rotatable bonds is 1. The highest BCUT2D eigenvalue weighted by Crippen LogP contribution is 2.24. The van der Waals surface area contributed by atoms with E-state index in [1.807, 2.05) is 0 Å². The van der Waals surface area contributed by atoms with Crippen LogP contribution in [-0.2, 0) is 4.79 Å². The highest BCUT2D eigenvalue weighted by Gasteiger charge is 2.30. The molecule has 0 aliphatic carbocycles. The zero-order valence-electron chi connectivity index (χ0n) is 11.2. The molecule has 17 heavy (non-hydrogen) atoms. The monoisotopic (exact) mass is 238 g/mol. The largest absolute Gasteiger partial charge is 0.339 e. The lowest BCUT2D eigenvalue weighted by Gasteiger charge is -2.33. The summed E-state index contributed by atoms with van der Waals surface area (Å²) in [5.74, 6) is 1.30. The van der Waals surface area contributed by atoms with Crippen molar-refractivity contribution in [1.29, 1.82) is 0 Å². The summed E-state index contributed by atoms with van der Waals surface area (Å²) in [6.45, 7) is 7.42. The van der Waals surface area contributed by atoms with Crippen molar-refractivity contribution < 1.29 is 4.79 Å². The second-order valence-electron chi connectivity index (χ2n) is 5.92. The Kier molecular flexibility index (Phi) is 4.43. The lowest BCUT2D eigenvalue weighted by Crippen LogP contribution is -2.47. The van der Waals surface area contributed by atoms with Gasteiger partial charge in [-0.05, 0) is 45.1 Å². The Morgan fingerprint density at radius 2 is 2.00 bits per heavy atom. The first-order valence-corrected chi connectivity index (χ1v) is 7.19. The van der Waals surface area contributed by atoms with Crippen LogP contribution < -0.4 is 5.32 Å². The van der Waals surface area contributed by atoms with Gasteiger partial charge in [-0.1, -0.05) is 13.3 Å². The lowest BCUT2D eigenvalue weighted by molar-refractivity contribution is -0.138. The van der Waals surface area contributed by atoms with E-state index >= 15 is 0 Å². The Morgan fingerprint density at radius 3 is 2.71 bits per heavy atom. The molecule has 0 aromatic carbocycles. The third-order valence-electron chi connectivity index (χ3n) is 4.29. The van der Waals surface area contributed by atoms with Crippen LogP contribution in [0.4, 0.5) is 0 Å². The van der Waals surface area contributed by atoms with Crippen molar-refractivity contribution in [2.24, 2.45) is 11.8 Å². The van der Waals surface area contributed by atoms with Crippen molar-refractivity contribution in [3.63, 3.8) is 0 Å². The second kappa shape index (κ2) is 5.85. The summed E-state index contributed by atoms with van der Waals surface area (Å²) in [4.78, 5) is 14.7. The minimum absolute atomic E-state index is 0.233. The van der Waals surface area contributed by atoms with Gasteiger partial charge < -0.3 is 10.2 Å². The molecule has 2 heterocycles. The van der Waals surface area contributed by atoms with Crippen LogP contribution in [0.5, 0.6) is 0 Å². The van der Waals surface area contributed by atoms with Crippen LogP contribution in [0.3, 0.4) is 0 Å². The summed E-state index contributed by atoms with van der Waals surface area (Å²) in [6, 6.07) is 0.439. The molecular formula is C14H26N2O. The van der Waals surface area contributed by atoms with Crippen LogP contribution in [0.25, 0.3) is 0 Å². The van der Waals surface area contributed by atoms with Crippen LogP contribution in [0, 0.1) is 11.8 Å². The molecule has 0 radical (unpaired) electrons. The maximum absolute atomic E-state index is 12.5. The molecule has 2 saturated heterocycles. The summed E-state index contributed by atoms with van der Waals surface area (Å²) < 4.78 is 0. The maximum Gasteiger partial charge on any atom is 0.227 e. The third-order valence-corrected chi connectivity index (χ3v) is 4.29. The van der Waals surface area contributed by atoms with Crippen LogP contribution in [0.2, 0.25) is 0 Å². The molecule has 0 aromatic heterocycles. The molecule has 2 rings (SSSR count). The molecule has 98 valence electrons. The van der Waals surface area contributed by atoms with Crippen molar-refractivity contribution in [3.05, 3.63) is 0 Å².